The van der Waals surface area contributed by atoms with Gasteiger partial charge in [-0.1, -0.05) is 20.8 Å². The van der Waals surface area contributed by atoms with Gasteiger partial charge >= 0.3 is 0 Å². The molecule has 1 aliphatic heterocycles. The zero-order chi connectivity index (χ0) is 14.9. The summed E-state index contributed by atoms with van der Waals surface area (Å²) in [5.41, 5.74) is 0.824. The zero-order valence-electron chi connectivity index (χ0n) is 12.7. The van der Waals surface area contributed by atoms with Crippen molar-refractivity contribution in [1.29, 1.82) is 0 Å². The quantitative estimate of drug-likeness (QED) is 0.896. The van der Waals surface area contributed by atoms with Gasteiger partial charge in [0.2, 0.25) is 0 Å². The number of hydrogen-bond acceptors (Lipinski definition) is 2. The Hall–Kier alpha value is -1.00. The van der Waals surface area contributed by atoms with E-state index in [-0.39, 0.29) is 5.41 Å². The minimum absolute atomic E-state index is 0.124. The number of rotatable bonds is 2. The van der Waals surface area contributed by atoms with Crippen LogP contribution < -0.4 is 5.32 Å². The van der Waals surface area contributed by atoms with Crippen LogP contribution in [0.2, 0.25) is 0 Å². The molecule has 1 fully saturated rings. The van der Waals surface area contributed by atoms with Crippen molar-refractivity contribution in [1.82, 2.24) is 10.2 Å². The second kappa shape index (κ2) is 5.78. The first-order valence-electron chi connectivity index (χ1n) is 7.18. The summed E-state index contributed by atoms with van der Waals surface area (Å²) in [5, 5.41) is 3.49. The van der Waals surface area contributed by atoms with E-state index in [1.165, 1.54) is 12.1 Å². The van der Waals surface area contributed by atoms with Crippen LogP contribution in [0, 0.1) is 17.0 Å². The monoisotopic (exact) mass is 282 g/mol. The summed E-state index contributed by atoms with van der Waals surface area (Å²) in [6.45, 7) is 11.1. The van der Waals surface area contributed by atoms with E-state index in [1.807, 2.05) is 0 Å². The van der Waals surface area contributed by atoms with E-state index >= 15 is 0 Å². The molecule has 2 unspecified atom stereocenters. The Bertz CT molecular complexity index is 448. The number of nitrogens with zero attached hydrogens (tertiary/aromatic N) is 1. The molecule has 1 aliphatic rings. The predicted molar refractivity (Wildman–Crippen MR) is 77.5 cm³/mol. The highest BCUT2D eigenvalue weighted by Gasteiger charge is 2.34. The van der Waals surface area contributed by atoms with E-state index in [0.717, 1.165) is 19.2 Å². The Kier molecular flexibility index (Phi) is 4.45. The average molecular weight is 282 g/mol. The third-order valence-corrected chi connectivity index (χ3v) is 3.92. The molecule has 1 N–H and O–H groups in total. The predicted octanol–water partition coefficient (Wildman–Crippen LogP) is 3.17. The van der Waals surface area contributed by atoms with Gasteiger partial charge in [-0.3, -0.25) is 4.90 Å². The van der Waals surface area contributed by atoms with Gasteiger partial charge < -0.3 is 5.32 Å². The van der Waals surface area contributed by atoms with Crippen LogP contribution in [-0.2, 0) is 6.54 Å². The fourth-order valence-corrected chi connectivity index (χ4v) is 2.95. The summed E-state index contributed by atoms with van der Waals surface area (Å²) < 4.78 is 26.6. The third kappa shape index (κ3) is 3.76. The maximum absolute atomic E-state index is 13.3. The zero-order valence-corrected chi connectivity index (χ0v) is 12.7. The number of nitrogens with one attached hydrogen (secondary N) is 1. The molecular weight excluding hydrogens is 258 g/mol. The largest absolute Gasteiger partial charge is 0.311 e. The minimum Gasteiger partial charge on any atom is -0.311 e. The molecule has 0 spiro atoms. The van der Waals surface area contributed by atoms with Crippen LogP contribution >= 0.6 is 0 Å². The molecule has 0 aromatic heterocycles. The van der Waals surface area contributed by atoms with Gasteiger partial charge in [0.05, 0.1) is 0 Å². The fraction of sp³-hybridized carbons (Fsp3) is 0.625. The molecule has 1 aromatic carbocycles. The molecule has 0 amide bonds. The van der Waals surface area contributed by atoms with Gasteiger partial charge in [-0.15, -0.1) is 0 Å². The number of hydrogen-bond donors (Lipinski definition) is 1. The highest BCUT2D eigenvalue weighted by Crippen LogP contribution is 2.28. The lowest BCUT2D eigenvalue weighted by Crippen LogP contribution is -2.59. The lowest BCUT2D eigenvalue weighted by molar-refractivity contribution is 0.0525. The second-order valence-corrected chi connectivity index (χ2v) is 6.90. The van der Waals surface area contributed by atoms with E-state index in [1.54, 1.807) is 0 Å². The van der Waals surface area contributed by atoms with Crippen LogP contribution in [0.3, 0.4) is 0 Å². The lowest BCUT2D eigenvalue weighted by Gasteiger charge is -2.46. The van der Waals surface area contributed by atoms with Crippen molar-refractivity contribution in [2.24, 2.45) is 5.41 Å². The van der Waals surface area contributed by atoms with Gasteiger partial charge in [0.15, 0.2) is 0 Å². The van der Waals surface area contributed by atoms with Crippen LogP contribution in [0.1, 0.15) is 33.3 Å². The molecule has 2 atom stereocenters. The standard InChI is InChI=1S/C16H24F2N2/c1-11-9-20(15(8-19-11)16(2,3)4)10-12-5-13(17)7-14(18)6-12/h5-7,11,15,19H,8-10H2,1-4H3. The molecule has 2 nitrogen and oxygen atoms in total. The minimum atomic E-state index is -0.504. The van der Waals surface area contributed by atoms with Crippen LogP contribution in [-0.4, -0.2) is 30.1 Å². The first-order valence-corrected chi connectivity index (χ1v) is 7.18. The van der Waals surface area contributed by atoms with Crippen LogP contribution in [0.25, 0.3) is 0 Å². The molecule has 2 rings (SSSR count). The molecule has 1 aromatic rings. The molecule has 1 heterocycles. The van der Waals surface area contributed by atoms with E-state index in [4.69, 9.17) is 0 Å². The third-order valence-electron chi connectivity index (χ3n) is 3.92. The van der Waals surface area contributed by atoms with Crippen molar-refractivity contribution in [3.63, 3.8) is 0 Å². The molecule has 0 saturated carbocycles. The SMILES string of the molecule is CC1CN(Cc2cc(F)cc(F)c2)C(C(C)(C)C)CN1. The van der Waals surface area contributed by atoms with E-state index < -0.39 is 11.6 Å². The summed E-state index contributed by atoms with van der Waals surface area (Å²) in [4.78, 5) is 2.33. The first-order chi connectivity index (χ1) is 9.25. The molecule has 0 radical (unpaired) electrons. The van der Waals surface area contributed by atoms with Crippen LogP contribution in [0.15, 0.2) is 18.2 Å². The molecule has 20 heavy (non-hydrogen) atoms. The first kappa shape index (κ1) is 15.4. The van der Waals surface area contributed by atoms with Gasteiger partial charge in [0.1, 0.15) is 11.6 Å². The van der Waals surface area contributed by atoms with Gasteiger partial charge in [0.25, 0.3) is 0 Å². The second-order valence-electron chi connectivity index (χ2n) is 6.90. The van der Waals surface area contributed by atoms with Crippen molar-refractivity contribution < 1.29 is 8.78 Å². The van der Waals surface area contributed by atoms with Gasteiger partial charge in [0, 0.05) is 37.8 Å². The highest BCUT2D eigenvalue weighted by molar-refractivity contribution is 5.18. The number of piperazine rings is 1. The maximum atomic E-state index is 13.3. The Balaban J connectivity index is 2.18. The van der Waals surface area contributed by atoms with Crippen molar-refractivity contribution in [3.8, 4) is 0 Å². The van der Waals surface area contributed by atoms with Crippen molar-refractivity contribution in [2.45, 2.75) is 46.3 Å². The topological polar surface area (TPSA) is 15.3 Å². The molecule has 4 heteroatoms. The van der Waals surface area contributed by atoms with Gasteiger partial charge in [-0.2, -0.15) is 0 Å². The van der Waals surface area contributed by atoms with Crippen molar-refractivity contribution >= 4 is 0 Å². The van der Waals surface area contributed by atoms with E-state index in [9.17, 15) is 8.78 Å². The van der Waals surface area contributed by atoms with E-state index in [2.05, 4.69) is 37.9 Å². The molecule has 1 saturated heterocycles. The summed E-state index contributed by atoms with van der Waals surface area (Å²) in [5.74, 6) is -1.01. The summed E-state index contributed by atoms with van der Waals surface area (Å²) in [7, 11) is 0. The molecular formula is C16H24F2N2. The Morgan fingerprint density at radius 3 is 2.35 bits per heavy atom. The Morgan fingerprint density at radius 2 is 1.80 bits per heavy atom. The van der Waals surface area contributed by atoms with Crippen LogP contribution in [0.4, 0.5) is 8.78 Å². The van der Waals surface area contributed by atoms with E-state index in [0.29, 0.717) is 24.2 Å². The maximum Gasteiger partial charge on any atom is 0.126 e. The lowest BCUT2D eigenvalue weighted by atomic mass is 9.83. The summed E-state index contributed by atoms with van der Waals surface area (Å²) >= 11 is 0. The smallest absolute Gasteiger partial charge is 0.126 e. The Labute approximate surface area is 120 Å². The van der Waals surface area contributed by atoms with Crippen LogP contribution in [0.5, 0.6) is 0 Å². The van der Waals surface area contributed by atoms with Gasteiger partial charge in [-0.05, 0) is 30.0 Å². The summed E-state index contributed by atoms with van der Waals surface area (Å²) in [6, 6.07) is 4.52. The van der Waals surface area contributed by atoms with Crippen molar-refractivity contribution in [2.75, 3.05) is 13.1 Å². The average Bonchev–Trinajstić information content (AvgIpc) is 2.25. The fourth-order valence-electron chi connectivity index (χ4n) is 2.95. The Morgan fingerprint density at radius 1 is 1.20 bits per heavy atom. The van der Waals surface area contributed by atoms with Gasteiger partial charge in [-0.25, -0.2) is 8.78 Å². The number of halogens is 2. The molecule has 0 bridgehead atoms. The normalized spacial score (nSPS) is 24.9. The molecule has 112 valence electrons. The summed E-state index contributed by atoms with van der Waals surface area (Å²) in [6.07, 6.45) is 0. The van der Waals surface area contributed by atoms with Crippen molar-refractivity contribution in [3.05, 3.63) is 35.4 Å². The highest BCUT2D eigenvalue weighted by atomic mass is 19.1. The number of benzene rings is 1. The molecule has 0 aliphatic carbocycles.